The molecule has 0 radical (unpaired) electrons. The minimum Gasteiger partial charge on any atom is -0.485 e. The van der Waals surface area contributed by atoms with Crippen molar-refractivity contribution in [3.8, 4) is 5.75 Å². The Morgan fingerprint density at radius 1 is 1.24 bits per heavy atom. The third-order valence-electron chi connectivity index (χ3n) is 4.80. The van der Waals surface area contributed by atoms with Crippen molar-refractivity contribution in [2.24, 2.45) is 5.10 Å². The van der Waals surface area contributed by atoms with Gasteiger partial charge in [0.1, 0.15) is 12.4 Å². The fraction of sp³-hybridized carbons (Fsp3) is 0.227. The Morgan fingerprint density at radius 3 is 2.90 bits per heavy atom. The van der Waals surface area contributed by atoms with Crippen molar-refractivity contribution in [1.29, 1.82) is 0 Å². The second-order valence-electron chi connectivity index (χ2n) is 7.28. The first-order valence-corrected chi connectivity index (χ1v) is 9.94. The van der Waals surface area contributed by atoms with Gasteiger partial charge in [-0.05, 0) is 48.3 Å². The third-order valence-corrected chi connectivity index (χ3v) is 5.06. The fourth-order valence-electron chi connectivity index (χ4n) is 3.24. The van der Waals surface area contributed by atoms with Crippen molar-refractivity contribution in [2.45, 2.75) is 33.3 Å². The molecule has 0 fully saturated rings. The molecule has 0 bridgehead atoms. The SMILES string of the molecule is Cc1ccc(C(C)C)c(OCc2n[nH]c(=S)n2/N=C/c2c[nH]c3ccccc23)c1. The summed E-state index contributed by atoms with van der Waals surface area (Å²) in [6.07, 6.45) is 3.70. The van der Waals surface area contributed by atoms with Gasteiger partial charge in [0.05, 0.1) is 6.21 Å². The number of nitrogens with one attached hydrogen (secondary N) is 2. The molecule has 0 spiro atoms. The normalized spacial score (nSPS) is 11.7. The number of aromatic nitrogens is 4. The maximum absolute atomic E-state index is 6.10. The second-order valence-corrected chi connectivity index (χ2v) is 7.66. The Morgan fingerprint density at radius 2 is 2.07 bits per heavy atom. The predicted molar refractivity (Wildman–Crippen MR) is 118 cm³/mol. The highest BCUT2D eigenvalue weighted by atomic mass is 32.1. The number of hydrogen-bond acceptors (Lipinski definition) is 4. The summed E-state index contributed by atoms with van der Waals surface area (Å²) >= 11 is 5.35. The van der Waals surface area contributed by atoms with Crippen LogP contribution in [-0.2, 0) is 6.61 Å². The molecule has 7 heteroatoms. The van der Waals surface area contributed by atoms with Crippen LogP contribution in [0.3, 0.4) is 0 Å². The maximum atomic E-state index is 6.10. The van der Waals surface area contributed by atoms with Crippen molar-refractivity contribution >= 4 is 29.3 Å². The number of fused-ring (bicyclic) bond motifs is 1. The van der Waals surface area contributed by atoms with Crippen LogP contribution in [0.2, 0.25) is 0 Å². The summed E-state index contributed by atoms with van der Waals surface area (Å²) < 4.78 is 8.12. The van der Waals surface area contributed by atoms with Gasteiger partial charge < -0.3 is 9.72 Å². The lowest BCUT2D eigenvalue weighted by molar-refractivity contribution is 0.286. The van der Waals surface area contributed by atoms with E-state index in [2.05, 4.69) is 65.3 Å². The zero-order valence-corrected chi connectivity index (χ0v) is 17.5. The number of rotatable bonds is 6. The molecule has 0 saturated heterocycles. The molecule has 0 amide bonds. The summed E-state index contributed by atoms with van der Waals surface area (Å²) in [5.41, 5.74) is 4.37. The zero-order valence-electron chi connectivity index (χ0n) is 16.6. The third kappa shape index (κ3) is 4.00. The molecule has 0 aliphatic rings. The molecular weight excluding hydrogens is 382 g/mol. The Balaban J connectivity index is 1.59. The van der Waals surface area contributed by atoms with Gasteiger partial charge in [-0.25, -0.2) is 5.10 Å². The largest absolute Gasteiger partial charge is 0.485 e. The highest BCUT2D eigenvalue weighted by Crippen LogP contribution is 2.28. The number of aromatic amines is 2. The quantitative estimate of drug-likeness (QED) is 0.337. The van der Waals surface area contributed by atoms with Crippen LogP contribution in [0.5, 0.6) is 5.75 Å². The highest BCUT2D eigenvalue weighted by molar-refractivity contribution is 7.71. The van der Waals surface area contributed by atoms with E-state index in [9.17, 15) is 0 Å². The minimum absolute atomic E-state index is 0.265. The van der Waals surface area contributed by atoms with Gasteiger partial charge in [0.15, 0.2) is 5.82 Å². The molecule has 0 aliphatic heterocycles. The monoisotopic (exact) mass is 405 g/mol. The van der Waals surface area contributed by atoms with Gasteiger partial charge in [0, 0.05) is 22.7 Å². The molecule has 29 heavy (non-hydrogen) atoms. The van der Waals surface area contributed by atoms with Crippen LogP contribution in [0.1, 0.15) is 42.3 Å². The summed E-state index contributed by atoms with van der Waals surface area (Å²) in [5.74, 6) is 1.84. The van der Waals surface area contributed by atoms with E-state index in [4.69, 9.17) is 17.0 Å². The first-order valence-electron chi connectivity index (χ1n) is 9.53. The number of ether oxygens (including phenoxy) is 1. The van der Waals surface area contributed by atoms with E-state index in [0.29, 0.717) is 16.5 Å². The number of para-hydroxylation sites is 1. The molecule has 6 nitrogen and oxygen atoms in total. The first kappa shape index (κ1) is 19.1. The predicted octanol–water partition coefficient (Wildman–Crippen LogP) is 5.32. The number of hydrogen-bond donors (Lipinski definition) is 2. The van der Waals surface area contributed by atoms with Gasteiger partial charge in [0.25, 0.3) is 0 Å². The Bertz CT molecular complexity index is 1230. The first-order chi connectivity index (χ1) is 14.0. The summed E-state index contributed by atoms with van der Waals surface area (Å²) in [5, 5.41) is 12.7. The van der Waals surface area contributed by atoms with E-state index in [-0.39, 0.29) is 6.61 Å². The topological polar surface area (TPSA) is 71.0 Å². The molecule has 4 aromatic rings. The molecule has 2 aromatic carbocycles. The number of aryl methyl sites for hydroxylation is 1. The molecular formula is C22H23N5OS. The van der Waals surface area contributed by atoms with Crippen molar-refractivity contribution < 1.29 is 4.74 Å². The highest BCUT2D eigenvalue weighted by Gasteiger charge is 2.11. The lowest BCUT2D eigenvalue weighted by Gasteiger charge is -2.14. The number of benzene rings is 2. The van der Waals surface area contributed by atoms with Crippen molar-refractivity contribution in [1.82, 2.24) is 19.9 Å². The van der Waals surface area contributed by atoms with Crippen LogP contribution in [0.15, 0.2) is 53.8 Å². The van der Waals surface area contributed by atoms with Gasteiger partial charge >= 0.3 is 0 Å². The van der Waals surface area contributed by atoms with Crippen LogP contribution in [0.4, 0.5) is 0 Å². The second kappa shape index (κ2) is 8.05. The van der Waals surface area contributed by atoms with Crippen LogP contribution in [0, 0.1) is 11.7 Å². The van der Waals surface area contributed by atoms with E-state index in [1.54, 1.807) is 10.9 Å². The molecule has 0 atom stereocenters. The summed E-state index contributed by atoms with van der Waals surface area (Å²) in [4.78, 5) is 3.24. The van der Waals surface area contributed by atoms with E-state index in [1.165, 1.54) is 5.56 Å². The van der Waals surface area contributed by atoms with E-state index < -0.39 is 0 Å². The van der Waals surface area contributed by atoms with Crippen LogP contribution in [0.25, 0.3) is 10.9 Å². The minimum atomic E-state index is 0.265. The molecule has 0 saturated carbocycles. The van der Waals surface area contributed by atoms with E-state index >= 15 is 0 Å². The van der Waals surface area contributed by atoms with Crippen LogP contribution < -0.4 is 4.74 Å². The van der Waals surface area contributed by atoms with Crippen molar-refractivity contribution in [3.63, 3.8) is 0 Å². The van der Waals surface area contributed by atoms with Gasteiger partial charge in [-0.1, -0.05) is 44.2 Å². The van der Waals surface area contributed by atoms with Gasteiger partial charge in [-0.2, -0.15) is 14.9 Å². The standard InChI is InChI=1S/C22H23N5OS/c1-14(2)17-9-8-15(3)10-20(17)28-13-21-25-26-22(29)27(21)24-12-16-11-23-19-7-5-4-6-18(16)19/h4-12,14,23H,13H2,1-3H3,(H,26,29)/b24-12+. The van der Waals surface area contributed by atoms with Crippen LogP contribution >= 0.6 is 12.2 Å². The Labute approximate surface area is 174 Å². The van der Waals surface area contributed by atoms with Gasteiger partial charge in [-0.3, -0.25) is 0 Å². The lowest BCUT2D eigenvalue weighted by Crippen LogP contribution is -2.06. The van der Waals surface area contributed by atoms with E-state index in [1.807, 2.05) is 24.4 Å². The van der Waals surface area contributed by atoms with Gasteiger partial charge in [0.2, 0.25) is 4.77 Å². The fourth-order valence-corrected chi connectivity index (χ4v) is 3.44. The number of nitrogens with zero attached hydrogens (tertiary/aromatic N) is 3. The molecule has 148 valence electrons. The average molecular weight is 406 g/mol. The molecule has 2 heterocycles. The van der Waals surface area contributed by atoms with Crippen molar-refractivity contribution in [2.75, 3.05) is 0 Å². The molecule has 0 aliphatic carbocycles. The van der Waals surface area contributed by atoms with Crippen molar-refractivity contribution in [3.05, 3.63) is 75.9 Å². The summed E-state index contributed by atoms with van der Waals surface area (Å²) in [6.45, 7) is 6.62. The average Bonchev–Trinajstić information content (AvgIpc) is 3.27. The van der Waals surface area contributed by atoms with E-state index in [0.717, 1.165) is 27.8 Å². The summed E-state index contributed by atoms with van der Waals surface area (Å²) in [6, 6.07) is 14.4. The summed E-state index contributed by atoms with van der Waals surface area (Å²) in [7, 11) is 0. The van der Waals surface area contributed by atoms with Crippen LogP contribution in [-0.4, -0.2) is 26.1 Å². The smallest absolute Gasteiger partial charge is 0.216 e. The molecule has 2 N–H and O–H groups in total. The molecule has 0 unspecified atom stereocenters. The molecule has 2 aromatic heterocycles. The Hall–Kier alpha value is -3.19. The Kier molecular flexibility index (Phi) is 5.31. The zero-order chi connectivity index (χ0) is 20.4. The number of H-pyrrole nitrogens is 2. The molecule has 4 rings (SSSR count). The van der Waals surface area contributed by atoms with Gasteiger partial charge in [-0.15, -0.1) is 0 Å². The lowest BCUT2D eigenvalue weighted by atomic mass is 10.0. The maximum Gasteiger partial charge on any atom is 0.216 e.